The number of carbonyl (C=O) groups is 1. The molecule has 5 heteroatoms. The van der Waals surface area contributed by atoms with Gasteiger partial charge in [-0.05, 0) is 18.6 Å². The van der Waals surface area contributed by atoms with Crippen molar-refractivity contribution in [1.82, 2.24) is 14.8 Å². The molecule has 2 heterocycles. The Morgan fingerprint density at radius 2 is 2.21 bits per heavy atom. The molecule has 0 amide bonds. The number of aromatic carboxylic acids is 1. The Morgan fingerprint density at radius 3 is 2.95 bits per heavy atom. The van der Waals surface area contributed by atoms with E-state index in [1.807, 2.05) is 31.3 Å². The highest BCUT2D eigenvalue weighted by Crippen LogP contribution is 2.32. The molecule has 0 saturated heterocycles. The van der Waals surface area contributed by atoms with Crippen molar-refractivity contribution >= 4 is 16.9 Å². The van der Waals surface area contributed by atoms with Gasteiger partial charge in [0, 0.05) is 29.7 Å². The molecular weight excluding hydrogens is 242 g/mol. The predicted octanol–water partition coefficient (Wildman–Crippen LogP) is 2.58. The van der Waals surface area contributed by atoms with Crippen molar-refractivity contribution in [3.8, 4) is 11.3 Å². The first-order valence-corrected chi connectivity index (χ1v) is 5.92. The van der Waals surface area contributed by atoms with Gasteiger partial charge in [0.2, 0.25) is 0 Å². The van der Waals surface area contributed by atoms with Crippen LogP contribution in [-0.2, 0) is 7.05 Å². The van der Waals surface area contributed by atoms with Gasteiger partial charge >= 0.3 is 5.97 Å². The molecule has 1 aromatic carbocycles. The first-order chi connectivity index (χ1) is 9.09. The number of H-pyrrole nitrogens is 1. The molecule has 2 N–H and O–H groups in total. The normalized spacial score (nSPS) is 11.1. The average Bonchev–Trinajstić information content (AvgIpc) is 2.93. The van der Waals surface area contributed by atoms with E-state index in [1.165, 1.54) is 6.20 Å². The first-order valence-electron chi connectivity index (χ1n) is 5.92. The van der Waals surface area contributed by atoms with Crippen molar-refractivity contribution in [3.05, 3.63) is 41.7 Å². The summed E-state index contributed by atoms with van der Waals surface area (Å²) in [5.74, 6) is -0.967. The fourth-order valence-electron chi connectivity index (χ4n) is 2.47. The Balaban J connectivity index is 2.37. The molecule has 0 fully saturated rings. The van der Waals surface area contributed by atoms with Crippen LogP contribution in [0.5, 0.6) is 0 Å². The number of aromatic nitrogens is 3. The second-order valence-corrected chi connectivity index (χ2v) is 4.54. The van der Waals surface area contributed by atoms with E-state index in [4.69, 9.17) is 0 Å². The topological polar surface area (TPSA) is 70.9 Å². The van der Waals surface area contributed by atoms with E-state index in [0.29, 0.717) is 5.69 Å². The van der Waals surface area contributed by atoms with Crippen LogP contribution in [0.15, 0.2) is 30.6 Å². The second kappa shape index (κ2) is 3.98. The number of hydrogen-bond donors (Lipinski definition) is 2. The molecule has 0 spiro atoms. The van der Waals surface area contributed by atoms with Crippen LogP contribution in [0.4, 0.5) is 0 Å². The fourth-order valence-corrected chi connectivity index (χ4v) is 2.47. The van der Waals surface area contributed by atoms with Crippen molar-refractivity contribution in [2.75, 3.05) is 0 Å². The fraction of sp³-hybridized carbons (Fsp3) is 0.143. The van der Waals surface area contributed by atoms with Gasteiger partial charge in [0.1, 0.15) is 5.56 Å². The number of nitrogens with zero attached hydrogens (tertiary/aromatic N) is 2. The quantitative estimate of drug-likeness (QED) is 0.739. The lowest BCUT2D eigenvalue weighted by Gasteiger charge is -2.04. The lowest BCUT2D eigenvalue weighted by atomic mass is 10.0. The maximum absolute atomic E-state index is 11.3. The zero-order valence-electron chi connectivity index (χ0n) is 10.6. The summed E-state index contributed by atoms with van der Waals surface area (Å²) >= 11 is 0. The monoisotopic (exact) mass is 255 g/mol. The van der Waals surface area contributed by atoms with Gasteiger partial charge in [0.05, 0.1) is 11.9 Å². The standard InChI is InChI=1S/C14H13N3O2/c1-8-4-3-5-11-12(8)9(6-15-11)13-10(14(18)19)7-16-17(13)2/h3-7,15H,1-2H3,(H,18,19). The van der Waals surface area contributed by atoms with E-state index in [0.717, 1.165) is 22.0 Å². The van der Waals surface area contributed by atoms with Crippen molar-refractivity contribution in [2.24, 2.45) is 7.05 Å². The predicted molar refractivity (Wildman–Crippen MR) is 72.2 cm³/mol. The van der Waals surface area contributed by atoms with E-state index in [9.17, 15) is 9.90 Å². The van der Waals surface area contributed by atoms with Crippen LogP contribution in [0.3, 0.4) is 0 Å². The summed E-state index contributed by atoms with van der Waals surface area (Å²) in [5, 5.41) is 14.3. The van der Waals surface area contributed by atoms with Gasteiger partial charge in [-0.15, -0.1) is 0 Å². The first kappa shape index (κ1) is 11.5. The van der Waals surface area contributed by atoms with Crippen LogP contribution in [0.1, 0.15) is 15.9 Å². The molecule has 0 aliphatic heterocycles. The van der Waals surface area contributed by atoms with Crippen LogP contribution < -0.4 is 0 Å². The van der Waals surface area contributed by atoms with Gasteiger partial charge in [0.15, 0.2) is 0 Å². The van der Waals surface area contributed by atoms with Gasteiger partial charge in [-0.3, -0.25) is 4.68 Å². The van der Waals surface area contributed by atoms with Crippen LogP contribution in [0.25, 0.3) is 22.2 Å². The van der Waals surface area contributed by atoms with Gasteiger partial charge in [-0.2, -0.15) is 5.10 Å². The Labute approximate surface area is 109 Å². The third kappa shape index (κ3) is 1.62. The molecule has 0 saturated carbocycles. The van der Waals surface area contributed by atoms with Crippen LogP contribution >= 0.6 is 0 Å². The highest BCUT2D eigenvalue weighted by atomic mass is 16.4. The van der Waals surface area contributed by atoms with Crippen LogP contribution in [0.2, 0.25) is 0 Å². The van der Waals surface area contributed by atoms with E-state index in [2.05, 4.69) is 10.1 Å². The summed E-state index contributed by atoms with van der Waals surface area (Å²) in [6.07, 6.45) is 3.22. The minimum absolute atomic E-state index is 0.214. The number of fused-ring (bicyclic) bond motifs is 1. The third-order valence-electron chi connectivity index (χ3n) is 3.34. The molecule has 3 aromatic rings. The number of hydrogen-bond acceptors (Lipinski definition) is 2. The van der Waals surface area contributed by atoms with Crippen LogP contribution in [-0.4, -0.2) is 25.8 Å². The third-order valence-corrected chi connectivity index (χ3v) is 3.34. The SMILES string of the molecule is Cc1cccc2[nH]cc(-c3c(C(=O)O)cnn3C)c12. The Morgan fingerprint density at radius 1 is 1.42 bits per heavy atom. The van der Waals surface area contributed by atoms with E-state index >= 15 is 0 Å². The molecule has 5 nitrogen and oxygen atoms in total. The van der Waals surface area contributed by atoms with Gasteiger partial charge < -0.3 is 10.1 Å². The summed E-state index contributed by atoms with van der Waals surface area (Å²) in [6, 6.07) is 5.96. The Hall–Kier alpha value is -2.56. The minimum atomic E-state index is -0.967. The second-order valence-electron chi connectivity index (χ2n) is 4.54. The number of rotatable bonds is 2. The number of aryl methyl sites for hydroxylation is 2. The highest BCUT2D eigenvalue weighted by Gasteiger charge is 2.20. The molecule has 19 heavy (non-hydrogen) atoms. The lowest BCUT2D eigenvalue weighted by molar-refractivity contribution is 0.0697. The van der Waals surface area contributed by atoms with Gasteiger partial charge in [0.25, 0.3) is 0 Å². The summed E-state index contributed by atoms with van der Waals surface area (Å²) in [6.45, 7) is 2.01. The lowest BCUT2D eigenvalue weighted by Crippen LogP contribution is -2.00. The zero-order chi connectivity index (χ0) is 13.6. The molecule has 3 rings (SSSR count). The van der Waals surface area contributed by atoms with E-state index < -0.39 is 5.97 Å². The molecule has 0 aliphatic rings. The minimum Gasteiger partial charge on any atom is -0.478 e. The van der Waals surface area contributed by atoms with Gasteiger partial charge in [-0.25, -0.2) is 4.79 Å². The summed E-state index contributed by atoms with van der Waals surface area (Å²) in [5.41, 5.74) is 3.80. The maximum Gasteiger partial charge on any atom is 0.339 e. The Bertz CT molecular complexity index is 783. The number of carboxylic acid groups (broad SMARTS) is 1. The van der Waals surface area contributed by atoms with E-state index in [1.54, 1.807) is 11.7 Å². The number of carboxylic acids is 1. The van der Waals surface area contributed by atoms with Crippen LogP contribution in [0, 0.1) is 6.92 Å². The largest absolute Gasteiger partial charge is 0.478 e. The molecule has 0 atom stereocenters. The summed E-state index contributed by atoms with van der Waals surface area (Å²) in [4.78, 5) is 14.5. The molecule has 0 bridgehead atoms. The van der Waals surface area contributed by atoms with Crippen molar-refractivity contribution < 1.29 is 9.90 Å². The molecule has 0 radical (unpaired) electrons. The maximum atomic E-state index is 11.3. The molecule has 96 valence electrons. The van der Waals surface area contributed by atoms with Crippen molar-refractivity contribution in [1.29, 1.82) is 0 Å². The van der Waals surface area contributed by atoms with Crippen molar-refractivity contribution in [2.45, 2.75) is 6.92 Å². The summed E-state index contributed by atoms with van der Waals surface area (Å²) in [7, 11) is 1.75. The number of aromatic amines is 1. The average molecular weight is 255 g/mol. The molecule has 2 aromatic heterocycles. The Kier molecular flexibility index (Phi) is 2.41. The number of nitrogens with one attached hydrogen (secondary N) is 1. The molecule has 0 unspecified atom stereocenters. The van der Waals surface area contributed by atoms with E-state index in [-0.39, 0.29) is 5.56 Å². The molecular formula is C14H13N3O2. The number of benzene rings is 1. The summed E-state index contributed by atoms with van der Waals surface area (Å²) < 4.78 is 1.60. The molecule has 0 aliphatic carbocycles. The van der Waals surface area contributed by atoms with Gasteiger partial charge in [-0.1, -0.05) is 12.1 Å². The highest BCUT2D eigenvalue weighted by molar-refractivity contribution is 6.03. The zero-order valence-corrected chi connectivity index (χ0v) is 10.6. The smallest absolute Gasteiger partial charge is 0.339 e. The van der Waals surface area contributed by atoms with Crippen molar-refractivity contribution in [3.63, 3.8) is 0 Å².